The summed E-state index contributed by atoms with van der Waals surface area (Å²) in [6.07, 6.45) is -1.21. The maximum Gasteiger partial charge on any atom is 0.416 e. The smallest absolute Gasteiger partial charge is 0.416 e. The van der Waals surface area contributed by atoms with Crippen LogP contribution in [0.25, 0.3) is 32.3 Å². The molecule has 0 amide bonds. The highest BCUT2D eigenvalue weighted by molar-refractivity contribution is 7.20. The topological polar surface area (TPSA) is 86.7 Å². The number of allylic oxidation sites excluding steroid dienone is 1. The van der Waals surface area contributed by atoms with Crippen LogP contribution in [0.15, 0.2) is 84.9 Å². The van der Waals surface area contributed by atoms with Crippen LogP contribution in [-0.4, -0.2) is 37.7 Å². The van der Waals surface area contributed by atoms with E-state index in [0.717, 1.165) is 72.1 Å². The number of thiophene rings is 2. The van der Waals surface area contributed by atoms with Gasteiger partial charge in [0.25, 0.3) is 0 Å². The van der Waals surface area contributed by atoms with Crippen molar-refractivity contribution < 1.29 is 55.0 Å². The fourth-order valence-corrected chi connectivity index (χ4v) is 9.02. The van der Waals surface area contributed by atoms with E-state index in [1.807, 2.05) is 39.8 Å². The zero-order valence-electron chi connectivity index (χ0n) is 34.6. The Morgan fingerprint density at radius 2 is 1.21 bits per heavy atom. The van der Waals surface area contributed by atoms with Crippen LogP contribution in [0.4, 0.5) is 26.3 Å². The fourth-order valence-electron chi connectivity index (χ4n) is 6.62. The maximum absolute atomic E-state index is 13.0. The van der Waals surface area contributed by atoms with Crippen LogP contribution in [0.3, 0.4) is 0 Å². The number of carbonyl (C=O) groups excluding carboxylic acids is 4. The minimum absolute atomic E-state index is 0.0181. The number of ether oxygens (including phenoxy) is 2. The monoisotopic (exact) mass is 892 g/mol. The number of aryl methyl sites for hydroxylation is 6. The van der Waals surface area contributed by atoms with E-state index in [1.165, 1.54) is 67.2 Å². The normalized spacial score (nSPS) is 11.9. The second-order valence-corrected chi connectivity index (χ2v) is 16.6. The molecule has 0 aliphatic heterocycles. The number of hydrogen-bond donors (Lipinski definition) is 0. The number of hydrogen-bond acceptors (Lipinski definition) is 8. The molecular weight excluding hydrogens is 851 g/mol. The number of benzene rings is 4. The lowest BCUT2D eigenvalue weighted by Crippen LogP contribution is -2.05. The van der Waals surface area contributed by atoms with Gasteiger partial charge in [-0.1, -0.05) is 36.4 Å². The number of esters is 2. The van der Waals surface area contributed by atoms with E-state index in [4.69, 9.17) is 0 Å². The summed E-state index contributed by atoms with van der Waals surface area (Å²) in [5.41, 5.74) is 5.00. The Balaban J connectivity index is 0.000000234. The molecule has 0 aliphatic rings. The van der Waals surface area contributed by atoms with Crippen molar-refractivity contribution in [2.45, 2.75) is 65.7 Å². The van der Waals surface area contributed by atoms with Gasteiger partial charge in [-0.05, 0) is 139 Å². The molecule has 0 bridgehead atoms. The lowest BCUT2D eigenvalue weighted by molar-refractivity contribution is -0.140. The van der Waals surface area contributed by atoms with Gasteiger partial charge >= 0.3 is 24.3 Å². The Hall–Kier alpha value is -5.86. The summed E-state index contributed by atoms with van der Waals surface area (Å²) in [5.74, 6) is -0.987. The third-order valence-corrected chi connectivity index (χ3v) is 12.8. The van der Waals surface area contributed by atoms with E-state index in [2.05, 4.69) is 9.47 Å². The number of ketones is 2. The molecule has 0 saturated carbocycles. The molecule has 0 aliphatic carbocycles. The molecule has 2 aromatic heterocycles. The first-order valence-corrected chi connectivity index (χ1v) is 20.8. The number of rotatable bonds is 12. The van der Waals surface area contributed by atoms with Gasteiger partial charge in [0.1, 0.15) is 0 Å². The summed E-state index contributed by atoms with van der Waals surface area (Å²) in [4.78, 5) is 49.5. The van der Waals surface area contributed by atoms with Gasteiger partial charge < -0.3 is 9.47 Å². The van der Waals surface area contributed by atoms with Gasteiger partial charge in [0.15, 0.2) is 11.6 Å². The van der Waals surface area contributed by atoms with E-state index in [9.17, 15) is 45.5 Å². The molecular formula is C48H42F6O6S2. The van der Waals surface area contributed by atoms with Gasteiger partial charge in [0.2, 0.25) is 0 Å². The predicted octanol–water partition coefficient (Wildman–Crippen LogP) is 13.1. The second kappa shape index (κ2) is 19.9. The quantitative estimate of drug-likeness (QED) is 0.0526. The minimum atomic E-state index is -4.39. The maximum atomic E-state index is 13.0. The van der Waals surface area contributed by atoms with Crippen molar-refractivity contribution in [2.24, 2.45) is 0 Å². The van der Waals surface area contributed by atoms with E-state index in [0.29, 0.717) is 33.4 Å². The molecule has 0 fully saturated rings. The summed E-state index contributed by atoms with van der Waals surface area (Å²) in [5, 5.41) is 1.54. The third-order valence-electron chi connectivity index (χ3n) is 10.3. The van der Waals surface area contributed by atoms with Crippen molar-refractivity contribution in [3.8, 4) is 0 Å². The Labute approximate surface area is 362 Å². The number of methoxy groups -OCH3 is 2. The first-order chi connectivity index (χ1) is 29.2. The molecule has 4 aromatic carbocycles. The summed E-state index contributed by atoms with van der Waals surface area (Å²) < 4.78 is 88.1. The first kappa shape index (κ1) is 47.2. The molecule has 0 atom stereocenters. The van der Waals surface area contributed by atoms with Gasteiger partial charge in [0, 0.05) is 49.2 Å². The average molecular weight is 893 g/mol. The average Bonchev–Trinajstić information content (AvgIpc) is 3.73. The minimum Gasteiger partial charge on any atom is -0.469 e. The van der Waals surface area contributed by atoms with E-state index in [-0.39, 0.29) is 30.4 Å². The lowest BCUT2D eigenvalue weighted by Gasteiger charge is -2.08. The SMILES string of the molecule is COC(=O)C=Cc1ccc(C(=O)C=Cc2sc3cc(C(F)(F)F)ccc3c2C)cc1C.COC(=O)CCc1ccc(C(=O)CCc2sc3cc(C(F)(F)F)ccc3c2C)cc1C. The summed E-state index contributed by atoms with van der Waals surface area (Å²) in [6, 6.07) is 18.0. The van der Waals surface area contributed by atoms with E-state index < -0.39 is 29.4 Å². The molecule has 0 spiro atoms. The van der Waals surface area contributed by atoms with Crippen molar-refractivity contribution in [1.82, 2.24) is 0 Å². The van der Waals surface area contributed by atoms with E-state index in [1.54, 1.807) is 36.4 Å². The molecule has 0 saturated heterocycles. The van der Waals surface area contributed by atoms with Crippen molar-refractivity contribution in [2.75, 3.05) is 14.2 Å². The highest BCUT2D eigenvalue weighted by Crippen LogP contribution is 2.39. The van der Waals surface area contributed by atoms with Crippen molar-refractivity contribution in [1.29, 1.82) is 0 Å². The Morgan fingerprint density at radius 3 is 1.79 bits per heavy atom. The van der Waals surface area contributed by atoms with Crippen LogP contribution in [0, 0.1) is 27.7 Å². The fraction of sp³-hybridized carbons (Fsp3) is 0.250. The van der Waals surface area contributed by atoms with Crippen LogP contribution < -0.4 is 0 Å². The van der Waals surface area contributed by atoms with Crippen molar-refractivity contribution in [3.63, 3.8) is 0 Å². The Kier molecular flexibility index (Phi) is 15.1. The van der Waals surface area contributed by atoms with E-state index >= 15 is 0 Å². The van der Waals surface area contributed by atoms with Crippen LogP contribution in [0.5, 0.6) is 0 Å². The molecule has 0 radical (unpaired) electrons. The highest BCUT2D eigenvalue weighted by Gasteiger charge is 2.32. The molecule has 6 rings (SSSR count). The zero-order valence-corrected chi connectivity index (χ0v) is 36.2. The first-order valence-electron chi connectivity index (χ1n) is 19.2. The largest absolute Gasteiger partial charge is 0.469 e. The standard InChI is InChI=1S/C24H23F3O3S.C24H19F3O3S/c2*1-14-12-17(5-4-16(14)6-11-23(29)30-3)20(28)9-10-21-15(2)19-8-7-18(24(25,26)27)13-22(19)31-21/h4-5,7-8,12-13H,6,9-11H2,1-3H3;4-13H,1-3H3. The number of fused-ring (bicyclic) bond motifs is 2. The molecule has 6 aromatic rings. The van der Waals surface area contributed by atoms with Crippen LogP contribution >= 0.6 is 22.7 Å². The Morgan fingerprint density at radius 1 is 0.613 bits per heavy atom. The lowest BCUT2D eigenvalue weighted by atomic mass is 9.97. The molecule has 324 valence electrons. The number of halogens is 6. The summed E-state index contributed by atoms with van der Waals surface area (Å²) in [7, 11) is 2.64. The number of carbonyl (C=O) groups is 4. The van der Waals surface area contributed by atoms with Crippen molar-refractivity contribution >= 4 is 78.5 Å². The van der Waals surface area contributed by atoms with Crippen LogP contribution in [-0.2, 0) is 44.3 Å². The molecule has 62 heavy (non-hydrogen) atoms. The Bertz CT molecular complexity index is 2720. The molecule has 6 nitrogen and oxygen atoms in total. The van der Waals surface area contributed by atoms with Gasteiger partial charge in [-0.3, -0.25) is 14.4 Å². The predicted molar refractivity (Wildman–Crippen MR) is 233 cm³/mol. The summed E-state index contributed by atoms with van der Waals surface area (Å²) in [6.45, 7) is 7.43. The molecule has 0 unspecified atom stereocenters. The highest BCUT2D eigenvalue weighted by atomic mass is 32.1. The third kappa shape index (κ3) is 11.7. The number of alkyl halides is 6. The molecule has 2 heterocycles. The van der Waals surface area contributed by atoms with Gasteiger partial charge in [0.05, 0.1) is 25.3 Å². The summed E-state index contributed by atoms with van der Waals surface area (Å²) >= 11 is 2.53. The van der Waals surface area contributed by atoms with Gasteiger partial charge in [-0.25, -0.2) is 4.79 Å². The van der Waals surface area contributed by atoms with Crippen LogP contribution in [0.1, 0.15) is 87.8 Å². The second-order valence-electron chi connectivity index (χ2n) is 14.4. The molecule has 14 heteroatoms. The number of Topliss-reactive ketones (excluding diaryl/α,β-unsaturated/α-hetero) is 1. The van der Waals surface area contributed by atoms with Gasteiger partial charge in [-0.2, -0.15) is 26.3 Å². The van der Waals surface area contributed by atoms with Gasteiger partial charge in [-0.15, -0.1) is 22.7 Å². The zero-order chi connectivity index (χ0) is 45.5. The molecule has 0 N–H and O–H groups in total. The van der Waals surface area contributed by atoms with Crippen molar-refractivity contribution in [3.05, 3.63) is 150 Å². The van der Waals surface area contributed by atoms with Crippen LogP contribution in [0.2, 0.25) is 0 Å².